The molecule has 0 saturated carbocycles. The Bertz CT molecular complexity index is 463. The first-order chi connectivity index (χ1) is 7.16. The fourth-order valence-electron chi connectivity index (χ4n) is 1.21. The normalized spacial score (nSPS) is 11.6. The van der Waals surface area contributed by atoms with Crippen LogP contribution in [-0.4, -0.2) is 20.6 Å². The van der Waals surface area contributed by atoms with Gasteiger partial charge in [0.05, 0.1) is 4.92 Å². The van der Waals surface area contributed by atoms with E-state index in [0.717, 1.165) is 13.8 Å². The van der Waals surface area contributed by atoms with Gasteiger partial charge < -0.3 is 0 Å². The maximum Gasteiger partial charge on any atom is 0.442 e. The predicted molar refractivity (Wildman–Crippen MR) is 44.9 cm³/mol. The molecule has 0 atom stereocenters. The van der Waals surface area contributed by atoms with E-state index >= 15 is 0 Å². The third-order valence-corrected chi connectivity index (χ3v) is 1.83. The zero-order valence-corrected chi connectivity index (χ0v) is 8.20. The van der Waals surface area contributed by atoms with Crippen molar-refractivity contribution in [3.63, 3.8) is 0 Å². The van der Waals surface area contributed by atoms with Crippen LogP contribution in [0.3, 0.4) is 0 Å². The second kappa shape index (κ2) is 3.58. The minimum atomic E-state index is -4.96. The number of hydrogen-bond acceptors (Lipinski definition) is 4. The van der Waals surface area contributed by atoms with E-state index in [2.05, 4.69) is 5.10 Å². The van der Waals surface area contributed by atoms with Crippen LogP contribution >= 0.6 is 0 Å². The second-order valence-electron chi connectivity index (χ2n) is 2.97. The highest BCUT2D eigenvalue weighted by Crippen LogP contribution is 2.36. The topological polar surface area (TPSA) is 78.0 Å². The molecule has 0 aliphatic heterocycles. The Kier molecular flexibility index (Phi) is 2.71. The lowest BCUT2D eigenvalue weighted by Gasteiger charge is -2.00. The molecule has 0 amide bonds. The van der Waals surface area contributed by atoms with Gasteiger partial charge in [-0.3, -0.25) is 14.9 Å². The highest BCUT2D eigenvalue weighted by molar-refractivity contribution is 5.77. The van der Waals surface area contributed by atoms with E-state index in [-0.39, 0.29) is 0 Å². The van der Waals surface area contributed by atoms with Gasteiger partial charge in [0.15, 0.2) is 0 Å². The summed E-state index contributed by atoms with van der Waals surface area (Å²) >= 11 is 0. The van der Waals surface area contributed by atoms with Crippen LogP contribution in [0.5, 0.6) is 0 Å². The molecule has 1 heterocycles. The highest BCUT2D eigenvalue weighted by Gasteiger charge is 2.44. The smallest absolute Gasteiger partial charge is 0.273 e. The number of nitrogens with zero attached hydrogens (tertiary/aromatic N) is 3. The molecule has 16 heavy (non-hydrogen) atoms. The van der Waals surface area contributed by atoms with Crippen molar-refractivity contribution in [1.29, 1.82) is 0 Å². The van der Waals surface area contributed by atoms with Crippen LogP contribution in [-0.2, 0) is 6.18 Å². The molecule has 0 radical (unpaired) electrons. The number of carbonyl (C=O) groups excluding carboxylic acids is 1. The zero-order valence-electron chi connectivity index (χ0n) is 8.20. The molecule has 1 rings (SSSR count). The van der Waals surface area contributed by atoms with Gasteiger partial charge in [-0.25, -0.2) is 0 Å². The van der Waals surface area contributed by atoms with E-state index in [1.54, 1.807) is 0 Å². The Morgan fingerprint density at radius 1 is 1.50 bits per heavy atom. The molecule has 0 aliphatic rings. The van der Waals surface area contributed by atoms with Crippen LogP contribution in [0.2, 0.25) is 0 Å². The monoisotopic (exact) mass is 237 g/mol. The Hall–Kier alpha value is -1.93. The van der Waals surface area contributed by atoms with E-state index in [1.165, 1.54) is 0 Å². The average molecular weight is 237 g/mol. The van der Waals surface area contributed by atoms with Crippen molar-refractivity contribution in [3.8, 4) is 0 Å². The number of halogens is 3. The molecular formula is C7H6F3N3O3. The molecule has 0 aliphatic carbocycles. The Labute approximate surface area is 86.8 Å². The van der Waals surface area contributed by atoms with E-state index in [9.17, 15) is 28.1 Å². The molecule has 1 aromatic heterocycles. The van der Waals surface area contributed by atoms with Crippen LogP contribution in [0, 0.1) is 17.0 Å². The third kappa shape index (κ3) is 1.88. The molecule has 1 aromatic rings. The SMILES string of the molecule is CC(=O)n1nc(C(F)(F)F)c([N+](=O)[O-])c1C. The Morgan fingerprint density at radius 3 is 2.25 bits per heavy atom. The molecule has 0 N–H and O–H groups in total. The lowest BCUT2D eigenvalue weighted by Crippen LogP contribution is -2.12. The maximum absolute atomic E-state index is 12.4. The Balaban J connectivity index is 3.56. The maximum atomic E-state index is 12.4. The van der Waals surface area contributed by atoms with Crippen molar-refractivity contribution in [3.05, 3.63) is 21.5 Å². The summed E-state index contributed by atoms with van der Waals surface area (Å²) in [5.74, 6) is -0.823. The van der Waals surface area contributed by atoms with Gasteiger partial charge in [-0.1, -0.05) is 0 Å². The van der Waals surface area contributed by atoms with Crippen molar-refractivity contribution in [2.24, 2.45) is 0 Å². The third-order valence-electron chi connectivity index (χ3n) is 1.83. The van der Waals surface area contributed by atoms with Crippen LogP contribution in [0.25, 0.3) is 0 Å². The number of alkyl halides is 3. The lowest BCUT2D eigenvalue weighted by atomic mass is 10.3. The molecule has 0 unspecified atom stereocenters. The average Bonchev–Trinajstić information content (AvgIpc) is 2.41. The first kappa shape index (κ1) is 12.1. The van der Waals surface area contributed by atoms with Crippen LogP contribution in [0.1, 0.15) is 23.1 Å². The first-order valence-electron chi connectivity index (χ1n) is 3.98. The molecular weight excluding hydrogens is 231 g/mol. The van der Waals surface area contributed by atoms with Crippen LogP contribution < -0.4 is 0 Å². The molecule has 0 spiro atoms. The van der Waals surface area contributed by atoms with Gasteiger partial charge in [-0.05, 0) is 6.92 Å². The number of aromatic nitrogens is 2. The molecule has 0 bridgehead atoms. The van der Waals surface area contributed by atoms with E-state index in [0.29, 0.717) is 4.68 Å². The second-order valence-corrected chi connectivity index (χ2v) is 2.97. The number of carbonyl (C=O) groups is 1. The minimum absolute atomic E-state index is 0.362. The molecule has 0 aromatic carbocycles. The van der Waals surface area contributed by atoms with Crippen LogP contribution in [0.15, 0.2) is 0 Å². The summed E-state index contributed by atoms with van der Waals surface area (Å²) in [6.45, 7) is 1.99. The van der Waals surface area contributed by atoms with E-state index < -0.39 is 34.1 Å². The van der Waals surface area contributed by atoms with Crippen LogP contribution in [0.4, 0.5) is 18.9 Å². The molecule has 0 fully saturated rings. The lowest BCUT2D eigenvalue weighted by molar-refractivity contribution is -0.388. The highest BCUT2D eigenvalue weighted by atomic mass is 19.4. The molecule has 9 heteroatoms. The molecule has 0 saturated heterocycles. The van der Waals surface area contributed by atoms with Crippen molar-refractivity contribution in [2.75, 3.05) is 0 Å². The van der Waals surface area contributed by atoms with Gasteiger partial charge in [0.1, 0.15) is 5.69 Å². The van der Waals surface area contributed by atoms with Crippen molar-refractivity contribution in [1.82, 2.24) is 9.78 Å². The summed E-state index contributed by atoms with van der Waals surface area (Å²) in [4.78, 5) is 20.2. The van der Waals surface area contributed by atoms with Gasteiger partial charge in [-0.15, -0.1) is 0 Å². The first-order valence-corrected chi connectivity index (χ1v) is 3.98. The van der Waals surface area contributed by atoms with Gasteiger partial charge >= 0.3 is 11.9 Å². The number of hydrogen-bond donors (Lipinski definition) is 0. The van der Waals surface area contributed by atoms with Gasteiger partial charge in [0.25, 0.3) is 0 Å². The zero-order chi connectivity index (χ0) is 12.7. The van der Waals surface area contributed by atoms with Gasteiger partial charge in [-0.2, -0.15) is 23.0 Å². The van der Waals surface area contributed by atoms with Crippen molar-refractivity contribution >= 4 is 11.6 Å². The van der Waals surface area contributed by atoms with Crippen molar-refractivity contribution in [2.45, 2.75) is 20.0 Å². The quantitative estimate of drug-likeness (QED) is 0.550. The Morgan fingerprint density at radius 2 is 2.00 bits per heavy atom. The van der Waals surface area contributed by atoms with Crippen molar-refractivity contribution < 1.29 is 22.9 Å². The fourth-order valence-corrected chi connectivity index (χ4v) is 1.21. The number of rotatable bonds is 1. The number of nitro groups is 1. The summed E-state index contributed by atoms with van der Waals surface area (Å²) in [5.41, 5.74) is -3.29. The summed E-state index contributed by atoms with van der Waals surface area (Å²) in [6, 6.07) is 0. The standard InChI is InChI=1S/C7H6F3N3O3/c1-3-5(13(15)16)6(7(8,9)10)11-12(3)4(2)14/h1-2H3. The van der Waals surface area contributed by atoms with E-state index in [1.807, 2.05) is 0 Å². The molecule has 6 nitrogen and oxygen atoms in total. The summed E-state index contributed by atoms with van der Waals surface area (Å²) < 4.78 is 37.5. The summed E-state index contributed by atoms with van der Waals surface area (Å²) in [6.07, 6.45) is -4.96. The predicted octanol–water partition coefficient (Wildman–Crippen LogP) is 1.78. The molecule has 88 valence electrons. The summed E-state index contributed by atoms with van der Waals surface area (Å²) in [7, 11) is 0. The van der Waals surface area contributed by atoms with Gasteiger partial charge in [0.2, 0.25) is 11.6 Å². The van der Waals surface area contributed by atoms with E-state index in [4.69, 9.17) is 0 Å². The largest absolute Gasteiger partial charge is 0.442 e. The fraction of sp³-hybridized carbons (Fsp3) is 0.429. The minimum Gasteiger partial charge on any atom is -0.273 e. The summed E-state index contributed by atoms with van der Waals surface area (Å²) in [5, 5.41) is 13.4. The van der Waals surface area contributed by atoms with Gasteiger partial charge in [0, 0.05) is 6.92 Å².